The lowest BCUT2D eigenvalue weighted by Crippen LogP contribution is -2.63. The lowest BCUT2D eigenvalue weighted by atomic mass is 9.79. The topological polar surface area (TPSA) is 102 Å². The molecule has 24 heavy (non-hydrogen) atoms. The van der Waals surface area contributed by atoms with Crippen molar-refractivity contribution in [2.24, 2.45) is 0 Å². The Hall–Kier alpha value is -1.67. The van der Waals surface area contributed by atoms with E-state index < -0.39 is 17.1 Å². The molecule has 2 aliphatic heterocycles. The maximum atomic E-state index is 12.1. The van der Waals surface area contributed by atoms with Crippen molar-refractivity contribution in [3.8, 4) is 0 Å². The molecule has 136 valence electrons. The quantitative estimate of drug-likeness (QED) is 0.605. The molecule has 8 nitrogen and oxygen atoms in total. The number of likely N-dealkylation sites (tertiary alicyclic amines) is 1. The van der Waals surface area contributed by atoms with Crippen LogP contribution in [0.25, 0.3) is 0 Å². The van der Waals surface area contributed by atoms with Gasteiger partial charge in [-0.1, -0.05) is 0 Å². The zero-order valence-electron chi connectivity index (χ0n) is 14.8. The summed E-state index contributed by atoms with van der Waals surface area (Å²) in [5.41, 5.74) is -0.890. The molecule has 2 fully saturated rings. The van der Waals surface area contributed by atoms with Crippen LogP contribution >= 0.6 is 0 Å². The molecule has 0 aromatic rings. The first-order valence-corrected chi connectivity index (χ1v) is 8.34. The smallest absolute Gasteiger partial charge is 0.243 e. The predicted molar refractivity (Wildman–Crippen MR) is 87.1 cm³/mol. The SMILES string of the molecule is CC1(C)CC(NC(=O)CNC(=O)C2CCN2C=O)CC(C)(C)N1O. The van der Waals surface area contributed by atoms with E-state index in [1.54, 1.807) is 0 Å². The Bertz CT molecular complexity index is 502. The van der Waals surface area contributed by atoms with Crippen LogP contribution in [0.1, 0.15) is 47.0 Å². The highest BCUT2D eigenvalue weighted by Gasteiger charge is 2.45. The van der Waals surface area contributed by atoms with Gasteiger partial charge in [0.15, 0.2) is 0 Å². The summed E-state index contributed by atoms with van der Waals surface area (Å²) < 4.78 is 0. The molecule has 0 radical (unpaired) electrons. The van der Waals surface area contributed by atoms with E-state index in [0.717, 1.165) is 0 Å². The number of carbonyl (C=O) groups excluding carboxylic acids is 3. The molecule has 3 amide bonds. The molecule has 0 bridgehead atoms. The number of hydrogen-bond acceptors (Lipinski definition) is 5. The molecule has 0 aliphatic carbocycles. The molecule has 2 aliphatic rings. The number of nitrogens with zero attached hydrogens (tertiary/aromatic N) is 2. The van der Waals surface area contributed by atoms with Gasteiger partial charge in [0.25, 0.3) is 0 Å². The largest absolute Gasteiger partial charge is 0.352 e. The van der Waals surface area contributed by atoms with Crippen molar-refractivity contribution in [1.29, 1.82) is 0 Å². The van der Waals surface area contributed by atoms with E-state index in [9.17, 15) is 19.6 Å². The van der Waals surface area contributed by atoms with Crippen molar-refractivity contribution in [2.45, 2.75) is 70.1 Å². The first-order chi connectivity index (χ1) is 11.1. The molecule has 1 unspecified atom stereocenters. The summed E-state index contributed by atoms with van der Waals surface area (Å²) in [5.74, 6) is -0.558. The molecule has 2 heterocycles. The van der Waals surface area contributed by atoms with Gasteiger partial charge in [-0.05, 0) is 47.0 Å². The summed E-state index contributed by atoms with van der Waals surface area (Å²) >= 11 is 0. The highest BCUT2D eigenvalue weighted by Crippen LogP contribution is 2.36. The van der Waals surface area contributed by atoms with Gasteiger partial charge in [0.05, 0.1) is 6.54 Å². The summed E-state index contributed by atoms with van der Waals surface area (Å²) in [7, 11) is 0. The first kappa shape index (κ1) is 18.7. The van der Waals surface area contributed by atoms with E-state index in [1.807, 2.05) is 27.7 Å². The van der Waals surface area contributed by atoms with Gasteiger partial charge >= 0.3 is 0 Å². The monoisotopic (exact) mass is 340 g/mol. The molecule has 0 saturated carbocycles. The fourth-order valence-corrected chi connectivity index (χ4v) is 3.75. The maximum absolute atomic E-state index is 12.1. The molecule has 8 heteroatoms. The number of piperidine rings is 1. The Morgan fingerprint density at radius 1 is 1.21 bits per heavy atom. The minimum atomic E-state index is -0.453. The van der Waals surface area contributed by atoms with Crippen molar-refractivity contribution < 1.29 is 19.6 Å². The van der Waals surface area contributed by atoms with Crippen molar-refractivity contribution in [3.63, 3.8) is 0 Å². The van der Waals surface area contributed by atoms with Crippen molar-refractivity contribution in [2.75, 3.05) is 13.1 Å². The van der Waals surface area contributed by atoms with Gasteiger partial charge in [0.2, 0.25) is 18.2 Å². The van der Waals surface area contributed by atoms with Crippen LogP contribution in [0.3, 0.4) is 0 Å². The third-order valence-corrected chi connectivity index (χ3v) is 4.93. The van der Waals surface area contributed by atoms with Crippen molar-refractivity contribution in [3.05, 3.63) is 0 Å². The van der Waals surface area contributed by atoms with Crippen LogP contribution in [-0.4, -0.2) is 69.6 Å². The average molecular weight is 340 g/mol. The standard InChI is InChI=1S/C16H28N4O4/c1-15(2)7-11(8-16(3,4)20(15)24)18-13(22)9-17-14(23)12-5-6-19(12)10-21/h10-12,24H,5-9H2,1-4H3,(H,17,23)(H,18,22). The van der Waals surface area contributed by atoms with Crippen LogP contribution in [0.2, 0.25) is 0 Å². The van der Waals surface area contributed by atoms with Crippen LogP contribution in [0, 0.1) is 0 Å². The molecule has 2 rings (SSSR count). The first-order valence-electron chi connectivity index (χ1n) is 8.34. The van der Waals surface area contributed by atoms with Gasteiger partial charge in [-0.3, -0.25) is 14.4 Å². The Morgan fingerprint density at radius 2 is 1.79 bits per heavy atom. The van der Waals surface area contributed by atoms with E-state index in [0.29, 0.717) is 32.2 Å². The van der Waals surface area contributed by atoms with Crippen LogP contribution < -0.4 is 10.6 Å². The molecule has 2 saturated heterocycles. The normalized spacial score (nSPS) is 26.4. The van der Waals surface area contributed by atoms with E-state index in [-0.39, 0.29) is 24.4 Å². The van der Waals surface area contributed by atoms with Crippen molar-refractivity contribution >= 4 is 18.2 Å². The zero-order chi connectivity index (χ0) is 18.1. The Balaban J connectivity index is 1.82. The van der Waals surface area contributed by atoms with Gasteiger partial charge in [-0.25, -0.2) is 0 Å². The third kappa shape index (κ3) is 3.87. The minimum Gasteiger partial charge on any atom is -0.352 e. The highest BCUT2D eigenvalue weighted by molar-refractivity contribution is 5.89. The fraction of sp³-hybridized carbons (Fsp3) is 0.812. The van der Waals surface area contributed by atoms with E-state index in [2.05, 4.69) is 10.6 Å². The lowest BCUT2D eigenvalue weighted by molar-refractivity contribution is -0.246. The van der Waals surface area contributed by atoms with E-state index >= 15 is 0 Å². The zero-order valence-corrected chi connectivity index (χ0v) is 14.8. The number of carbonyl (C=O) groups is 3. The van der Waals surface area contributed by atoms with Gasteiger partial charge < -0.3 is 20.7 Å². The highest BCUT2D eigenvalue weighted by atomic mass is 16.5. The number of hydroxylamine groups is 2. The van der Waals surface area contributed by atoms with Crippen LogP contribution in [-0.2, 0) is 14.4 Å². The molecule has 1 atom stereocenters. The van der Waals surface area contributed by atoms with Crippen LogP contribution in [0.4, 0.5) is 0 Å². The fourth-order valence-electron chi connectivity index (χ4n) is 3.75. The molecule has 0 spiro atoms. The second-order valence-electron chi connectivity index (χ2n) is 7.97. The molecular formula is C16H28N4O4. The lowest BCUT2D eigenvalue weighted by Gasteiger charge is -2.51. The van der Waals surface area contributed by atoms with E-state index in [1.165, 1.54) is 9.96 Å². The molecule has 3 N–H and O–H groups in total. The summed E-state index contributed by atoms with van der Waals surface area (Å²) in [5, 5.41) is 17.1. The Morgan fingerprint density at radius 3 is 2.25 bits per heavy atom. The van der Waals surface area contributed by atoms with E-state index in [4.69, 9.17) is 0 Å². The number of rotatable bonds is 5. The predicted octanol–water partition coefficient (Wildman–Crippen LogP) is -0.140. The molecular weight excluding hydrogens is 312 g/mol. The van der Waals surface area contributed by atoms with Gasteiger partial charge in [0.1, 0.15) is 6.04 Å². The summed E-state index contributed by atoms with van der Waals surface area (Å²) in [6.45, 7) is 8.19. The van der Waals surface area contributed by atoms with Crippen molar-refractivity contribution in [1.82, 2.24) is 20.6 Å². The summed E-state index contributed by atoms with van der Waals surface area (Å²) in [6, 6.07) is -0.524. The molecule has 0 aromatic carbocycles. The minimum absolute atomic E-state index is 0.0713. The molecule has 0 aromatic heterocycles. The second-order valence-corrected chi connectivity index (χ2v) is 7.97. The number of amides is 3. The average Bonchev–Trinajstić information content (AvgIpc) is 2.41. The number of nitrogens with one attached hydrogen (secondary N) is 2. The van der Waals surface area contributed by atoms with Gasteiger partial charge in [-0.2, -0.15) is 5.06 Å². The summed E-state index contributed by atoms with van der Waals surface area (Å²) in [6.07, 6.45) is 2.52. The summed E-state index contributed by atoms with van der Waals surface area (Å²) in [4.78, 5) is 36.1. The maximum Gasteiger partial charge on any atom is 0.243 e. The van der Waals surface area contributed by atoms with Crippen LogP contribution in [0.15, 0.2) is 0 Å². The van der Waals surface area contributed by atoms with Gasteiger partial charge in [0, 0.05) is 23.7 Å². The Kier molecular flexibility index (Phi) is 5.19. The van der Waals surface area contributed by atoms with Gasteiger partial charge in [-0.15, -0.1) is 0 Å². The number of hydrogen-bond donors (Lipinski definition) is 3. The van der Waals surface area contributed by atoms with Crippen LogP contribution in [0.5, 0.6) is 0 Å². The second kappa shape index (κ2) is 6.68. The third-order valence-electron chi connectivity index (χ3n) is 4.93. The Labute approximate surface area is 142 Å².